The number of halogens is 4. The van der Waals surface area contributed by atoms with Crippen LogP contribution >= 0.6 is 15.9 Å². The van der Waals surface area contributed by atoms with E-state index in [2.05, 4.69) is 26.0 Å². The van der Waals surface area contributed by atoms with E-state index < -0.39 is 11.9 Å². The second-order valence-corrected chi connectivity index (χ2v) is 4.87. The fraction of sp³-hybridized carbons (Fsp3) is 0.400. The number of hydrogen-bond acceptors (Lipinski definition) is 2. The molecule has 1 aliphatic rings. The molecular weight excluding hydrogens is 299 g/mol. The normalized spacial score (nSPS) is 16.7. The van der Waals surface area contributed by atoms with Crippen LogP contribution in [0.4, 0.5) is 13.2 Å². The first kappa shape index (κ1) is 11.0. The summed E-state index contributed by atoms with van der Waals surface area (Å²) >= 11 is 3.31. The predicted octanol–water partition coefficient (Wildman–Crippen LogP) is 3.39. The van der Waals surface area contributed by atoms with Gasteiger partial charge in [0.2, 0.25) is 0 Å². The Hall–Kier alpha value is -1.11. The lowest BCUT2D eigenvalue weighted by atomic mass is 10.2. The molecule has 2 heterocycles. The molecule has 1 aliphatic carbocycles. The van der Waals surface area contributed by atoms with Crippen molar-refractivity contribution in [2.45, 2.75) is 24.9 Å². The molecule has 0 bridgehead atoms. The second-order valence-electron chi connectivity index (χ2n) is 4.08. The highest BCUT2D eigenvalue weighted by atomic mass is 79.9. The zero-order valence-electron chi connectivity index (χ0n) is 8.50. The minimum absolute atomic E-state index is 0.374. The maximum Gasteiger partial charge on any atom is 0.433 e. The van der Waals surface area contributed by atoms with Gasteiger partial charge in [0.1, 0.15) is 12.0 Å². The van der Waals surface area contributed by atoms with Gasteiger partial charge in [0.25, 0.3) is 0 Å². The van der Waals surface area contributed by atoms with Crippen LogP contribution in [0.1, 0.15) is 30.1 Å². The van der Waals surface area contributed by atoms with Crippen molar-refractivity contribution in [2.75, 3.05) is 0 Å². The molecule has 0 aliphatic heterocycles. The number of nitrogens with zero attached hydrogens (tertiary/aromatic N) is 3. The molecular formula is C10H7BrF3N3. The molecule has 0 atom stereocenters. The molecule has 3 nitrogen and oxygen atoms in total. The monoisotopic (exact) mass is 305 g/mol. The quantitative estimate of drug-likeness (QED) is 0.808. The van der Waals surface area contributed by atoms with Gasteiger partial charge in [-0.2, -0.15) is 18.3 Å². The summed E-state index contributed by atoms with van der Waals surface area (Å²) in [5, 5.41) is 4.24. The molecule has 2 aromatic rings. The van der Waals surface area contributed by atoms with E-state index in [-0.39, 0.29) is 0 Å². The van der Waals surface area contributed by atoms with E-state index in [1.54, 1.807) is 0 Å². The van der Waals surface area contributed by atoms with Crippen LogP contribution in [-0.2, 0) is 6.18 Å². The third-order valence-corrected chi connectivity index (χ3v) is 3.56. The van der Waals surface area contributed by atoms with Crippen molar-refractivity contribution in [1.82, 2.24) is 14.6 Å². The average Bonchev–Trinajstić information content (AvgIpc) is 3.03. The van der Waals surface area contributed by atoms with E-state index in [1.807, 2.05) is 0 Å². The van der Waals surface area contributed by atoms with Crippen LogP contribution < -0.4 is 0 Å². The molecule has 0 spiro atoms. The first-order valence-electron chi connectivity index (χ1n) is 5.08. The van der Waals surface area contributed by atoms with Crippen molar-refractivity contribution >= 4 is 21.4 Å². The molecule has 0 saturated heterocycles. The Morgan fingerprint density at radius 2 is 2.06 bits per heavy atom. The largest absolute Gasteiger partial charge is 0.433 e. The van der Waals surface area contributed by atoms with Gasteiger partial charge in [-0.3, -0.25) is 0 Å². The smallest absolute Gasteiger partial charge is 0.232 e. The lowest BCUT2D eigenvalue weighted by Crippen LogP contribution is -2.08. The van der Waals surface area contributed by atoms with Gasteiger partial charge in [-0.15, -0.1) is 0 Å². The van der Waals surface area contributed by atoms with E-state index in [4.69, 9.17) is 0 Å². The van der Waals surface area contributed by atoms with Gasteiger partial charge >= 0.3 is 6.18 Å². The molecule has 7 heteroatoms. The Morgan fingerprint density at radius 3 is 2.65 bits per heavy atom. The molecule has 0 aromatic carbocycles. The summed E-state index contributed by atoms with van der Waals surface area (Å²) in [4.78, 5) is 3.37. The third-order valence-electron chi connectivity index (χ3n) is 2.75. The average molecular weight is 306 g/mol. The number of hydrogen-bond donors (Lipinski definition) is 0. The zero-order valence-corrected chi connectivity index (χ0v) is 10.1. The lowest BCUT2D eigenvalue weighted by molar-refractivity contribution is -0.141. The Balaban J connectivity index is 2.18. The van der Waals surface area contributed by atoms with Crippen LogP contribution in [0.2, 0.25) is 0 Å². The predicted molar refractivity (Wildman–Crippen MR) is 57.7 cm³/mol. The number of aromatic nitrogens is 3. The molecule has 2 aromatic heterocycles. The van der Waals surface area contributed by atoms with Crippen molar-refractivity contribution in [3.8, 4) is 0 Å². The molecule has 0 N–H and O–H groups in total. The van der Waals surface area contributed by atoms with E-state index >= 15 is 0 Å². The molecule has 1 saturated carbocycles. The Morgan fingerprint density at radius 1 is 1.35 bits per heavy atom. The van der Waals surface area contributed by atoms with Gasteiger partial charge in [-0.25, -0.2) is 9.50 Å². The molecule has 3 rings (SSSR count). The molecule has 0 unspecified atom stereocenters. The molecule has 0 radical (unpaired) electrons. The van der Waals surface area contributed by atoms with Crippen molar-refractivity contribution in [3.05, 3.63) is 28.3 Å². The van der Waals surface area contributed by atoms with Crippen LogP contribution in [0.3, 0.4) is 0 Å². The second kappa shape index (κ2) is 3.44. The first-order chi connectivity index (χ1) is 7.97. The minimum atomic E-state index is -4.43. The van der Waals surface area contributed by atoms with Crippen LogP contribution in [0.5, 0.6) is 0 Å². The van der Waals surface area contributed by atoms with E-state index in [1.165, 1.54) is 4.52 Å². The van der Waals surface area contributed by atoms with Crippen molar-refractivity contribution in [1.29, 1.82) is 0 Å². The van der Waals surface area contributed by atoms with E-state index in [9.17, 15) is 13.2 Å². The minimum Gasteiger partial charge on any atom is -0.232 e. The topological polar surface area (TPSA) is 30.2 Å². The third kappa shape index (κ3) is 1.82. The molecule has 90 valence electrons. The highest BCUT2D eigenvalue weighted by Crippen LogP contribution is 2.43. The van der Waals surface area contributed by atoms with Crippen LogP contribution in [-0.4, -0.2) is 14.6 Å². The van der Waals surface area contributed by atoms with Crippen LogP contribution in [0.15, 0.2) is 16.9 Å². The van der Waals surface area contributed by atoms with E-state index in [0.29, 0.717) is 15.9 Å². The van der Waals surface area contributed by atoms with Gasteiger partial charge in [0.05, 0.1) is 15.7 Å². The summed E-state index contributed by atoms with van der Waals surface area (Å²) < 4.78 is 39.6. The molecule has 17 heavy (non-hydrogen) atoms. The Bertz CT molecular complexity index is 586. The van der Waals surface area contributed by atoms with Gasteiger partial charge in [0.15, 0.2) is 0 Å². The van der Waals surface area contributed by atoms with Gasteiger partial charge in [-0.1, -0.05) is 0 Å². The summed E-state index contributed by atoms with van der Waals surface area (Å²) in [6.07, 6.45) is -1.23. The summed E-state index contributed by atoms with van der Waals surface area (Å²) in [5.41, 5.74) is 0.341. The van der Waals surface area contributed by atoms with Crippen LogP contribution in [0.25, 0.3) is 5.52 Å². The standard InChI is InChI=1S/C10H7BrF3N3/c11-8-6-3-7(10(12,13)14)15-4-17(6)16-9(8)5-1-2-5/h3-5H,1-2H2. The summed E-state index contributed by atoms with van der Waals surface area (Å²) in [7, 11) is 0. The van der Waals surface area contributed by atoms with Crippen molar-refractivity contribution < 1.29 is 13.2 Å². The molecule has 1 fully saturated rings. The molecule has 0 amide bonds. The highest BCUT2D eigenvalue weighted by Gasteiger charge is 2.34. The first-order valence-corrected chi connectivity index (χ1v) is 5.87. The zero-order chi connectivity index (χ0) is 12.2. The Labute approximate surface area is 103 Å². The van der Waals surface area contributed by atoms with E-state index in [0.717, 1.165) is 30.9 Å². The number of alkyl halides is 3. The summed E-state index contributed by atoms with van der Waals surface area (Å²) in [6.45, 7) is 0. The number of fused-ring (bicyclic) bond motifs is 1. The highest BCUT2D eigenvalue weighted by molar-refractivity contribution is 9.10. The van der Waals surface area contributed by atoms with Crippen molar-refractivity contribution in [3.63, 3.8) is 0 Å². The fourth-order valence-electron chi connectivity index (χ4n) is 1.72. The summed E-state index contributed by atoms with van der Waals surface area (Å²) in [5.74, 6) is 0.374. The lowest BCUT2D eigenvalue weighted by Gasteiger charge is -2.04. The Kier molecular flexibility index (Phi) is 2.23. The fourth-order valence-corrected chi connectivity index (χ4v) is 2.42. The maximum absolute atomic E-state index is 12.5. The van der Waals surface area contributed by atoms with Gasteiger partial charge in [-0.05, 0) is 34.8 Å². The number of rotatable bonds is 1. The van der Waals surface area contributed by atoms with Gasteiger partial charge < -0.3 is 0 Å². The maximum atomic E-state index is 12.5. The SMILES string of the molecule is FC(F)(F)c1cc2c(Br)c(C3CC3)nn2cn1. The van der Waals surface area contributed by atoms with Crippen molar-refractivity contribution in [2.24, 2.45) is 0 Å². The van der Waals surface area contributed by atoms with Crippen LogP contribution in [0, 0.1) is 0 Å². The summed E-state index contributed by atoms with van der Waals surface area (Å²) in [6, 6.07) is 1.02. The van der Waals surface area contributed by atoms with Gasteiger partial charge in [0, 0.05) is 5.92 Å².